The van der Waals surface area contributed by atoms with Gasteiger partial charge in [-0.15, -0.1) is 0 Å². The molecule has 1 fully saturated rings. The Hall–Kier alpha value is -0.330. The lowest BCUT2D eigenvalue weighted by molar-refractivity contribution is 0.702. The molecule has 0 heterocycles. The Kier molecular flexibility index (Phi) is 3.61. The summed E-state index contributed by atoms with van der Waals surface area (Å²) in [6.07, 6.45) is 8.09. The fourth-order valence-electron chi connectivity index (χ4n) is 1.63. The molecular formula is C10H19N. The minimum atomic E-state index is 0.503. The quantitative estimate of drug-likeness (QED) is 0.513. The van der Waals surface area contributed by atoms with Crippen molar-refractivity contribution in [3.05, 3.63) is 0 Å². The van der Waals surface area contributed by atoms with Crippen LogP contribution in [0.5, 0.6) is 0 Å². The van der Waals surface area contributed by atoms with Crippen molar-refractivity contribution in [3.63, 3.8) is 0 Å². The molecule has 1 nitrogen and oxygen atoms in total. The van der Waals surface area contributed by atoms with Crippen molar-refractivity contribution in [2.75, 3.05) is 0 Å². The molecule has 0 aromatic heterocycles. The summed E-state index contributed by atoms with van der Waals surface area (Å²) >= 11 is 0. The molecule has 0 amide bonds. The van der Waals surface area contributed by atoms with E-state index in [0.29, 0.717) is 6.04 Å². The molecule has 1 saturated carbocycles. The molecule has 1 rings (SSSR count). The third-order valence-corrected chi connectivity index (χ3v) is 2.12. The Bertz CT molecular complexity index is 126. The predicted molar refractivity (Wildman–Crippen MR) is 50.3 cm³/mol. The highest BCUT2D eigenvalue weighted by molar-refractivity contribution is 5.84. The van der Waals surface area contributed by atoms with E-state index < -0.39 is 0 Å². The Morgan fingerprint density at radius 1 is 1.00 bits per heavy atom. The van der Waals surface area contributed by atoms with Gasteiger partial charge < -0.3 is 0 Å². The highest BCUT2D eigenvalue weighted by atomic mass is 14.8. The van der Waals surface area contributed by atoms with E-state index >= 15 is 0 Å². The molecule has 11 heavy (non-hydrogen) atoms. The van der Waals surface area contributed by atoms with Crippen LogP contribution < -0.4 is 0 Å². The van der Waals surface area contributed by atoms with Crippen LogP contribution in [0.15, 0.2) is 4.99 Å². The minimum Gasteiger partial charge on any atom is -0.291 e. The van der Waals surface area contributed by atoms with Gasteiger partial charge in [-0.05, 0) is 39.5 Å². The third-order valence-electron chi connectivity index (χ3n) is 2.12. The molecule has 0 aromatic carbocycles. The highest BCUT2D eigenvalue weighted by Gasteiger charge is 2.05. The summed E-state index contributed by atoms with van der Waals surface area (Å²) in [5.41, 5.74) is 1.47. The number of aliphatic imine (C=N–C) groups is 1. The maximum absolute atomic E-state index is 4.61. The first-order chi connectivity index (χ1) is 5.29. The number of hydrogen-bond acceptors (Lipinski definition) is 1. The van der Waals surface area contributed by atoms with Crippen LogP contribution in [0.3, 0.4) is 0 Å². The second-order valence-electron chi connectivity index (χ2n) is 3.70. The van der Waals surface area contributed by atoms with Crippen LogP contribution in [0, 0.1) is 0 Å². The molecule has 1 aliphatic rings. The summed E-state index contributed by atoms with van der Waals surface area (Å²) in [5.74, 6) is 0. The van der Waals surface area contributed by atoms with Gasteiger partial charge in [0.05, 0.1) is 0 Å². The fraction of sp³-hybridized carbons (Fsp3) is 0.900. The second-order valence-corrected chi connectivity index (χ2v) is 3.70. The summed E-state index contributed by atoms with van der Waals surface area (Å²) in [4.78, 5) is 4.61. The molecule has 0 unspecified atom stereocenters. The molecule has 0 atom stereocenters. The molecule has 1 aliphatic carbocycles. The molecule has 0 N–H and O–H groups in total. The van der Waals surface area contributed by atoms with Gasteiger partial charge >= 0.3 is 0 Å². The molecular weight excluding hydrogens is 134 g/mol. The zero-order valence-corrected chi connectivity index (χ0v) is 7.77. The van der Waals surface area contributed by atoms with Gasteiger partial charge in [-0.25, -0.2) is 0 Å². The largest absolute Gasteiger partial charge is 0.291 e. The van der Waals surface area contributed by atoms with Gasteiger partial charge in [0.1, 0.15) is 0 Å². The van der Waals surface area contributed by atoms with Gasteiger partial charge in [0.15, 0.2) is 0 Å². The van der Waals surface area contributed by atoms with Gasteiger partial charge in [0.25, 0.3) is 0 Å². The maximum atomic E-state index is 4.61. The van der Waals surface area contributed by atoms with Crippen LogP contribution in [0.1, 0.15) is 52.4 Å². The van der Waals surface area contributed by atoms with Gasteiger partial charge in [0.2, 0.25) is 0 Å². The molecule has 0 aliphatic heterocycles. The van der Waals surface area contributed by atoms with Crippen molar-refractivity contribution in [2.24, 2.45) is 4.99 Å². The average Bonchev–Trinajstić information content (AvgIpc) is 2.14. The van der Waals surface area contributed by atoms with E-state index in [0.717, 1.165) is 0 Å². The summed E-state index contributed by atoms with van der Waals surface area (Å²) in [6.45, 7) is 4.33. The average molecular weight is 153 g/mol. The standard InChI is InChI=1S/C10H19N/c1-9(2)11-10-7-5-3-4-6-8-10/h9H,3-8H2,1-2H3. The predicted octanol–water partition coefficient (Wildman–Crippen LogP) is 3.19. The van der Waals surface area contributed by atoms with Gasteiger partial charge in [-0.1, -0.05) is 12.8 Å². The number of rotatable bonds is 1. The van der Waals surface area contributed by atoms with Crippen molar-refractivity contribution in [1.29, 1.82) is 0 Å². The highest BCUT2D eigenvalue weighted by Crippen LogP contribution is 2.15. The second kappa shape index (κ2) is 4.53. The van der Waals surface area contributed by atoms with Crippen molar-refractivity contribution in [3.8, 4) is 0 Å². The molecule has 0 spiro atoms. The lowest BCUT2D eigenvalue weighted by Gasteiger charge is -2.03. The Balaban J connectivity index is 2.42. The summed E-state index contributed by atoms with van der Waals surface area (Å²) in [6, 6.07) is 0.503. The van der Waals surface area contributed by atoms with Crippen LogP contribution in [0.25, 0.3) is 0 Å². The van der Waals surface area contributed by atoms with Crippen molar-refractivity contribution in [2.45, 2.75) is 58.4 Å². The van der Waals surface area contributed by atoms with E-state index in [9.17, 15) is 0 Å². The van der Waals surface area contributed by atoms with Crippen LogP contribution in [-0.4, -0.2) is 11.8 Å². The molecule has 0 bridgehead atoms. The first kappa shape index (κ1) is 8.76. The van der Waals surface area contributed by atoms with Crippen LogP contribution >= 0.6 is 0 Å². The zero-order valence-electron chi connectivity index (χ0n) is 7.77. The SMILES string of the molecule is CC(C)N=C1CCCCCC1. The van der Waals surface area contributed by atoms with Gasteiger partial charge in [-0.3, -0.25) is 4.99 Å². The molecule has 0 saturated heterocycles. The first-order valence-corrected chi connectivity index (χ1v) is 4.84. The van der Waals surface area contributed by atoms with E-state index in [-0.39, 0.29) is 0 Å². The van der Waals surface area contributed by atoms with E-state index in [1.165, 1.54) is 44.2 Å². The minimum absolute atomic E-state index is 0.503. The third kappa shape index (κ3) is 3.54. The van der Waals surface area contributed by atoms with E-state index in [2.05, 4.69) is 18.8 Å². The Morgan fingerprint density at radius 2 is 1.55 bits per heavy atom. The van der Waals surface area contributed by atoms with E-state index in [1.54, 1.807) is 0 Å². The lowest BCUT2D eigenvalue weighted by Crippen LogP contribution is -2.00. The first-order valence-electron chi connectivity index (χ1n) is 4.84. The number of hydrogen-bond donors (Lipinski definition) is 0. The summed E-state index contributed by atoms with van der Waals surface area (Å²) in [7, 11) is 0. The fourth-order valence-corrected chi connectivity index (χ4v) is 1.63. The Morgan fingerprint density at radius 3 is 2.00 bits per heavy atom. The van der Waals surface area contributed by atoms with E-state index in [1.807, 2.05) is 0 Å². The maximum Gasteiger partial charge on any atom is 0.0442 e. The smallest absolute Gasteiger partial charge is 0.0442 e. The molecule has 1 heteroatoms. The van der Waals surface area contributed by atoms with Crippen LogP contribution in [0.4, 0.5) is 0 Å². The van der Waals surface area contributed by atoms with Gasteiger partial charge in [0, 0.05) is 11.8 Å². The lowest BCUT2D eigenvalue weighted by atomic mass is 10.2. The van der Waals surface area contributed by atoms with Crippen LogP contribution in [0.2, 0.25) is 0 Å². The summed E-state index contributed by atoms with van der Waals surface area (Å²) in [5, 5.41) is 0. The normalized spacial score (nSPS) is 20.1. The monoisotopic (exact) mass is 153 g/mol. The number of nitrogens with zero attached hydrogens (tertiary/aromatic N) is 1. The summed E-state index contributed by atoms with van der Waals surface area (Å²) < 4.78 is 0. The molecule has 0 radical (unpaired) electrons. The van der Waals surface area contributed by atoms with Crippen molar-refractivity contribution < 1.29 is 0 Å². The Labute approximate surface area is 69.9 Å². The molecule has 64 valence electrons. The molecule has 0 aromatic rings. The van der Waals surface area contributed by atoms with Crippen molar-refractivity contribution >= 4 is 5.71 Å². The van der Waals surface area contributed by atoms with E-state index in [4.69, 9.17) is 0 Å². The topological polar surface area (TPSA) is 12.4 Å². The van der Waals surface area contributed by atoms with Crippen molar-refractivity contribution in [1.82, 2.24) is 0 Å². The van der Waals surface area contributed by atoms with Crippen LogP contribution in [-0.2, 0) is 0 Å². The van der Waals surface area contributed by atoms with Gasteiger partial charge in [-0.2, -0.15) is 0 Å². The zero-order chi connectivity index (χ0) is 8.10.